The summed E-state index contributed by atoms with van der Waals surface area (Å²) in [5.74, 6) is 0. The normalized spacial score (nSPS) is 22.4. The number of piperazine rings is 1. The molecule has 1 aliphatic heterocycles. The van der Waals surface area contributed by atoms with Crippen LogP contribution in [0.25, 0.3) is 0 Å². The topological polar surface area (TPSA) is 15.3 Å². The van der Waals surface area contributed by atoms with Crippen molar-refractivity contribution < 1.29 is 0 Å². The lowest BCUT2D eigenvalue weighted by atomic mass is 9.98. The van der Waals surface area contributed by atoms with Crippen LogP contribution in [0.3, 0.4) is 0 Å². The molecule has 0 bridgehead atoms. The van der Waals surface area contributed by atoms with Crippen molar-refractivity contribution in [2.45, 2.75) is 32.4 Å². The van der Waals surface area contributed by atoms with Gasteiger partial charge in [-0.05, 0) is 38.5 Å². The summed E-state index contributed by atoms with van der Waals surface area (Å²) in [6.07, 6.45) is 0. The standard InChI is InChI=1S/C14H21BrN2/c1-11(12-5-4-6-13(15)9-12)17-8-7-16-14(2,3)10-17/h4-6,9,11,16H,7-8,10H2,1-3H3. The highest BCUT2D eigenvalue weighted by Gasteiger charge is 2.28. The van der Waals surface area contributed by atoms with E-state index in [-0.39, 0.29) is 5.54 Å². The highest BCUT2D eigenvalue weighted by molar-refractivity contribution is 9.10. The molecule has 1 unspecified atom stereocenters. The van der Waals surface area contributed by atoms with Crippen LogP contribution in [0.1, 0.15) is 32.4 Å². The molecule has 1 aliphatic rings. The minimum Gasteiger partial charge on any atom is -0.309 e. The molecule has 1 atom stereocenters. The second-order valence-electron chi connectivity index (χ2n) is 5.51. The Morgan fingerprint density at radius 3 is 2.82 bits per heavy atom. The average Bonchev–Trinajstić information content (AvgIpc) is 2.26. The van der Waals surface area contributed by atoms with E-state index in [1.807, 2.05) is 0 Å². The zero-order chi connectivity index (χ0) is 12.5. The molecule has 0 saturated carbocycles. The smallest absolute Gasteiger partial charge is 0.0321 e. The summed E-state index contributed by atoms with van der Waals surface area (Å²) in [5.41, 5.74) is 1.61. The third kappa shape index (κ3) is 3.30. The lowest BCUT2D eigenvalue weighted by Crippen LogP contribution is -2.57. The number of rotatable bonds is 2. The van der Waals surface area contributed by atoms with Crippen molar-refractivity contribution in [1.29, 1.82) is 0 Å². The van der Waals surface area contributed by atoms with E-state index >= 15 is 0 Å². The van der Waals surface area contributed by atoms with Crippen molar-refractivity contribution in [3.63, 3.8) is 0 Å². The molecule has 94 valence electrons. The second kappa shape index (κ2) is 5.09. The predicted molar refractivity (Wildman–Crippen MR) is 76.2 cm³/mol. The van der Waals surface area contributed by atoms with Gasteiger partial charge in [0.2, 0.25) is 0 Å². The highest BCUT2D eigenvalue weighted by atomic mass is 79.9. The molecule has 1 saturated heterocycles. The maximum absolute atomic E-state index is 3.56. The van der Waals surface area contributed by atoms with Gasteiger partial charge in [-0.3, -0.25) is 4.90 Å². The summed E-state index contributed by atoms with van der Waals surface area (Å²) < 4.78 is 1.16. The molecule has 0 spiro atoms. The van der Waals surface area contributed by atoms with Crippen molar-refractivity contribution >= 4 is 15.9 Å². The maximum Gasteiger partial charge on any atom is 0.0321 e. The molecule has 3 heteroatoms. The summed E-state index contributed by atoms with van der Waals surface area (Å²) in [6.45, 7) is 10.1. The molecule has 0 amide bonds. The molecule has 2 rings (SSSR count). The van der Waals surface area contributed by atoms with Crippen LogP contribution >= 0.6 is 15.9 Å². The second-order valence-corrected chi connectivity index (χ2v) is 6.43. The van der Waals surface area contributed by atoms with Gasteiger partial charge in [0.25, 0.3) is 0 Å². The van der Waals surface area contributed by atoms with Gasteiger partial charge in [-0.2, -0.15) is 0 Å². The summed E-state index contributed by atoms with van der Waals surface area (Å²) in [5, 5.41) is 3.56. The SMILES string of the molecule is CC(c1cccc(Br)c1)N1CCNC(C)(C)C1. The van der Waals surface area contributed by atoms with Gasteiger partial charge in [-0.15, -0.1) is 0 Å². The molecule has 1 fully saturated rings. The number of hydrogen-bond acceptors (Lipinski definition) is 2. The highest BCUT2D eigenvalue weighted by Crippen LogP contribution is 2.25. The molecule has 2 nitrogen and oxygen atoms in total. The van der Waals surface area contributed by atoms with Gasteiger partial charge in [-0.1, -0.05) is 28.1 Å². The van der Waals surface area contributed by atoms with Gasteiger partial charge in [0.05, 0.1) is 0 Å². The van der Waals surface area contributed by atoms with E-state index in [0.29, 0.717) is 6.04 Å². The Labute approximate surface area is 113 Å². The Morgan fingerprint density at radius 2 is 2.18 bits per heavy atom. The van der Waals surface area contributed by atoms with Crippen molar-refractivity contribution in [3.05, 3.63) is 34.3 Å². The van der Waals surface area contributed by atoms with Crippen LogP contribution < -0.4 is 5.32 Å². The zero-order valence-corrected chi connectivity index (χ0v) is 12.4. The fourth-order valence-electron chi connectivity index (χ4n) is 2.49. The van der Waals surface area contributed by atoms with Crippen molar-refractivity contribution in [1.82, 2.24) is 10.2 Å². The fraction of sp³-hybridized carbons (Fsp3) is 0.571. The largest absolute Gasteiger partial charge is 0.309 e. The first-order valence-electron chi connectivity index (χ1n) is 6.22. The van der Waals surface area contributed by atoms with E-state index < -0.39 is 0 Å². The first kappa shape index (κ1) is 13.1. The predicted octanol–water partition coefficient (Wildman–Crippen LogP) is 3.19. The number of nitrogens with zero attached hydrogens (tertiary/aromatic N) is 1. The Balaban J connectivity index is 2.12. The molecule has 1 heterocycles. The third-order valence-corrected chi connectivity index (χ3v) is 3.97. The molecule has 1 aromatic rings. The monoisotopic (exact) mass is 296 g/mol. The summed E-state index contributed by atoms with van der Waals surface area (Å²) in [7, 11) is 0. The molecule has 0 radical (unpaired) electrons. The summed E-state index contributed by atoms with van der Waals surface area (Å²) in [4.78, 5) is 2.55. The number of halogens is 1. The zero-order valence-electron chi connectivity index (χ0n) is 10.8. The quantitative estimate of drug-likeness (QED) is 0.902. The van der Waals surface area contributed by atoms with Gasteiger partial charge in [0, 0.05) is 35.7 Å². The maximum atomic E-state index is 3.56. The van der Waals surface area contributed by atoms with Crippen molar-refractivity contribution in [2.24, 2.45) is 0 Å². The first-order chi connectivity index (χ1) is 7.98. The van der Waals surface area contributed by atoms with Crippen molar-refractivity contribution in [2.75, 3.05) is 19.6 Å². The Bertz CT molecular complexity index is 390. The molecule has 17 heavy (non-hydrogen) atoms. The van der Waals surface area contributed by atoms with Crippen LogP contribution in [0.4, 0.5) is 0 Å². The lowest BCUT2D eigenvalue weighted by Gasteiger charge is -2.42. The minimum atomic E-state index is 0.221. The van der Waals surface area contributed by atoms with E-state index in [1.54, 1.807) is 0 Å². The van der Waals surface area contributed by atoms with Crippen LogP contribution in [-0.4, -0.2) is 30.1 Å². The van der Waals surface area contributed by atoms with Gasteiger partial charge in [0.1, 0.15) is 0 Å². The summed E-state index contributed by atoms with van der Waals surface area (Å²) in [6, 6.07) is 9.11. The van der Waals surface area contributed by atoms with E-state index in [2.05, 4.69) is 71.2 Å². The number of benzene rings is 1. The van der Waals surface area contributed by atoms with Crippen LogP contribution in [0.2, 0.25) is 0 Å². The fourth-order valence-corrected chi connectivity index (χ4v) is 2.91. The van der Waals surface area contributed by atoms with E-state index in [0.717, 1.165) is 24.1 Å². The third-order valence-electron chi connectivity index (χ3n) is 3.48. The van der Waals surface area contributed by atoms with E-state index in [1.165, 1.54) is 5.56 Å². The molecule has 0 aromatic heterocycles. The first-order valence-corrected chi connectivity index (χ1v) is 7.02. The Hall–Kier alpha value is -0.380. The molecule has 1 aromatic carbocycles. The minimum absolute atomic E-state index is 0.221. The number of hydrogen-bond donors (Lipinski definition) is 1. The molecule has 1 N–H and O–H groups in total. The van der Waals surface area contributed by atoms with Gasteiger partial charge in [0.15, 0.2) is 0 Å². The molecule has 0 aliphatic carbocycles. The summed E-state index contributed by atoms with van der Waals surface area (Å²) >= 11 is 3.55. The average molecular weight is 297 g/mol. The Morgan fingerprint density at radius 1 is 1.41 bits per heavy atom. The van der Waals surface area contributed by atoms with Gasteiger partial charge in [-0.25, -0.2) is 0 Å². The van der Waals surface area contributed by atoms with Crippen LogP contribution in [0, 0.1) is 0 Å². The molecular weight excluding hydrogens is 276 g/mol. The van der Waals surface area contributed by atoms with Crippen LogP contribution in [-0.2, 0) is 0 Å². The van der Waals surface area contributed by atoms with E-state index in [9.17, 15) is 0 Å². The van der Waals surface area contributed by atoms with E-state index in [4.69, 9.17) is 0 Å². The molecular formula is C14H21BrN2. The Kier molecular flexibility index (Phi) is 3.91. The van der Waals surface area contributed by atoms with Crippen LogP contribution in [0.5, 0.6) is 0 Å². The van der Waals surface area contributed by atoms with Crippen LogP contribution in [0.15, 0.2) is 28.7 Å². The van der Waals surface area contributed by atoms with Crippen molar-refractivity contribution in [3.8, 4) is 0 Å². The number of nitrogens with one attached hydrogen (secondary N) is 1. The van der Waals surface area contributed by atoms with Gasteiger partial charge >= 0.3 is 0 Å². The van der Waals surface area contributed by atoms with Gasteiger partial charge < -0.3 is 5.32 Å². The lowest BCUT2D eigenvalue weighted by molar-refractivity contribution is 0.117.